The summed E-state index contributed by atoms with van der Waals surface area (Å²) in [6.45, 7) is 6.79. The predicted octanol–water partition coefficient (Wildman–Crippen LogP) is 4.17. The second-order valence-electron chi connectivity index (χ2n) is 3.58. The number of rotatable bonds is 6. The van der Waals surface area contributed by atoms with Gasteiger partial charge in [-0.05, 0) is 25.2 Å². The molecule has 0 saturated heterocycles. The molecular formula is C11H22. The van der Waals surface area contributed by atoms with E-state index in [-0.39, 0.29) is 0 Å². The number of allylic oxidation sites excluding steroid dienone is 2. The van der Waals surface area contributed by atoms with E-state index in [1.165, 1.54) is 32.1 Å². The number of hydrogen-bond acceptors (Lipinski definition) is 0. The Balaban J connectivity index is 3.03. The predicted molar refractivity (Wildman–Crippen MR) is 52.7 cm³/mol. The zero-order chi connectivity index (χ0) is 8.53. The first-order valence-electron chi connectivity index (χ1n) is 4.92. The molecule has 0 N–H and O–H groups in total. The highest BCUT2D eigenvalue weighted by Gasteiger charge is 1.88. The first-order chi connectivity index (χ1) is 5.27. The number of hydrogen-bond donors (Lipinski definition) is 0. The molecule has 0 aromatic heterocycles. The lowest BCUT2D eigenvalue weighted by Gasteiger charge is -1.98. The van der Waals surface area contributed by atoms with E-state index >= 15 is 0 Å². The van der Waals surface area contributed by atoms with Crippen molar-refractivity contribution in [3.8, 4) is 0 Å². The molecular weight excluding hydrogens is 132 g/mol. The zero-order valence-corrected chi connectivity index (χ0v) is 8.27. The summed E-state index contributed by atoms with van der Waals surface area (Å²) in [4.78, 5) is 0. The molecule has 66 valence electrons. The molecule has 0 heterocycles. The van der Waals surface area contributed by atoms with Gasteiger partial charge in [-0.3, -0.25) is 0 Å². The Morgan fingerprint density at radius 2 is 1.73 bits per heavy atom. The number of unbranched alkanes of at least 4 members (excludes halogenated alkanes) is 2. The SMILES string of the molecule is CCCC/C=C/CCC(C)C. The Bertz CT molecular complexity index is 90.2. The van der Waals surface area contributed by atoms with E-state index in [2.05, 4.69) is 32.9 Å². The van der Waals surface area contributed by atoms with Gasteiger partial charge in [0.15, 0.2) is 0 Å². The van der Waals surface area contributed by atoms with Crippen molar-refractivity contribution >= 4 is 0 Å². The van der Waals surface area contributed by atoms with E-state index in [0.717, 1.165) is 5.92 Å². The standard InChI is InChI=1S/C11H22/c1-4-5-6-7-8-9-10-11(2)3/h7-8,11H,4-6,9-10H2,1-3H3/b8-7+. The summed E-state index contributed by atoms with van der Waals surface area (Å²) in [6, 6.07) is 0. The highest BCUT2D eigenvalue weighted by molar-refractivity contribution is 4.81. The molecule has 0 heteroatoms. The first kappa shape index (κ1) is 10.7. The van der Waals surface area contributed by atoms with Crippen LogP contribution in [0.4, 0.5) is 0 Å². The average Bonchev–Trinajstić information content (AvgIpc) is 1.96. The second-order valence-corrected chi connectivity index (χ2v) is 3.58. The van der Waals surface area contributed by atoms with Crippen LogP contribution in [-0.2, 0) is 0 Å². The van der Waals surface area contributed by atoms with E-state index in [0.29, 0.717) is 0 Å². The molecule has 0 aromatic rings. The summed E-state index contributed by atoms with van der Waals surface area (Å²) in [6.07, 6.45) is 11.2. The molecule has 0 amide bonds. The van der Waals surface area contributed by atoms with Crippen LogP contribution < -0.4 is 0 Å². The summed E-state index contributed by atoms with van der Waals surface area (Å²) >= 11 is 0. The van der Waals surface area contributed by atoms with Crippen molar-refractivity contribution in [2.24, 2.45) is 5.92 Å². The first-order valence-corrected chi connectivity index (χ1v) is 4.92. The highest BCUT2D eigenvalue weighted by Crippen LogP contribution is 2.04. The molecule has 0 rings (SSSR count). The average molecular weight is 154 g/mol. The Labute approximate surface area is 71.7 Å². The minimum absolute atomic E-state index is 0.853. The van der Waals surface area contributed by atoms with Crippen LogP contribution in [0.5, 0.6) is 0 Å². The summed E-state index contributed by atoms with van der Waals surface area (Å²) in [5.41, 5.74) is 0. The van der Waals surface area contributed by atoms with E-state index < -0.39 is 0 Å². The van der Waals surface area contributed by atoms with Gasteiger partial charge in [0, 0.05) is 0 Å². The van der Waals surface area contributed by atoms with Gasteiger partial charge in [-0.25, -0.2) is 0 Å². The van der Waals surface area contributed by atoms with Gasteiger partial charge in [-0.1, -0.05) is 45.8 Å². The van der Waals surface area contributed by atoms with Crippen LogP contribution in [0.2, 0.25) is 0 Å². The maximum Gasteiger partial charge on any atom is -0.0348 e. The molecule has 0 aliphatic carbocycles. The minimum Gasteiger partial charge on any atom is -0.0885 e. The van der Waals surface area contributed by atoms with E-state index in [9.17, 15) is 0 Å². The lowest BCUT2D eigenvalue weighted by atomic mass is 10.1. The Morgan fingerprint density at radius 3 is 2.27 bits per heavy atom. The quantitative estimate of drug-likeness (QED) is 0.398. The van der Waals surface area contributed by atoms with Gasteiger partial charge in [0.1, 0.15) is 0 Å². The van der Waals surface area contributed by atoms with Gasteiger partial charge in [-0.15, -0.1) is 0 Å². The van der Waals surface area contributed by atoms with Crippen LogP contribution in [0, 0.1) is 5.92 Å². The maximum absolute atomic E-state index is 2.33. The summed E-state index contributed by atoms with van der Waals surface area (Å²) in [5.74, 6) is 0.853. The third-order valence-corrected chi connectivity index (χ3v) is 1.80. The largest absolute Gasteiger partial charge is 0.0885 e. The van der Waals surface area contributed by atoms with Crippen molar-refractivity contribution in [1.82, 2.24) is 0 Å². The highest BCUT2D eigenvalue weighted by atomic mass is 13.9. The lowest BCUT2D eigenvalue weighted by molar-refractivity contribution is 0.593. The fourth-order valence-corrected chi connectivity index (χ4v) is 0.987. The van der Waals surface area contributed by atoms with Crippen LogP contribution in [0.15, 0.2) is 12.2 Å². The zero-order valence-electron chi connectivity index (χ0n) is 8.27. The third kappa shape index (κ3) is 9.74. The van der Waals surface area contributed by atoms with E-state index in [4.69, 9.17) is 0 Å². The summed E-state index contributed by atoms with van der Waals surface area (Å²) in [7, 11) is 0. The van der Waals surface area contributed by atoms with Crippen molar-refractivity contribution in [2.45, 2.75) is 52.9 Å². The van der Waals surface area contributed by atoms with Gasteiger partial charge in [0.05, 0.1) is 0 Å². The van der Waals surface area contributed by atoms with Gasteiger partial charge in [-0.2, -0.15) is 0 Å². The Kier molecular flexibility index (Phi) is 7.66. The third-order valence-electron chi connectivity index (χ3n) is 1.80. The Hall–Kier alpha value is -0.260. The fourth-order valence-electron chi connectivity index (χ4n) is 0.987. The molecule has 0 fully saturated rings. The van der Waals surface area contributed by atoms with Crippen LogP contribution in [-0.4, -0.2) is 0 Å². The van der Waals surface area contributed by atoms with Crippen LogP contribution in [0.1, 0.15) is 52.9 Å². The fraction of sp³-hybridized carbons (Fsp3) is 0.818. The van der Waals surface area contributed by atoms with E-state index in [1.54, 1.807) is 0 Å². The summed E-state index contributed by atoms with van der Waals surface area (Å²) in [5, 5.41) is 0. The minimum atomic E-state index is 0.853. The van der Waals surface area contributed by atoms with Gasteiger partial charge >= 0.3 is 0 Å². The molecule has 0 radical (unpaired) electrons. The van der Waals surface area contributed by atoms with Crippen molar-refractivity contribution < 1.29 is 0 Å². The molecule has 0 aliphatic heterocycles. The molecule has 0 nitrogen and oxygen atoms in total. The maximum atomic E-state index is 2.33. The van der Waals surface area contributed by atoms with Crippen molar-refractivity contribution in [2.75, 3.05) is 0 Å². The molecule has 0 saturated carbocycles. The lowest BCUT2D eigenvalue weighted by Crippen LogP contribution is -1.83. The molecule has 11 heavy (non-hydrogen) atoms. The van der Waals surface area contributed by atoms with Crippen LogP contribution >= 0.6 is 0 Å². The van der Waals surface area contributed by atoms with Crippen LogP contribution in [0.25, 0.3) is 0 Å². The Morgan fingerprint density at radius 1 is 1.09 bits per heavy atom. The van der Waals surface area contributed by atoms with Gasteiger partial charge < -0.3 is 0 Å². The normalized spacial score (nSPS) is 11.6. The molecule has 0 unspecified atom stereocenters. The molecule has 0 aromatic carbocycles. The molecule has 0 aliphatic rings. The van der Waals surface area contributed by atoms with Crippen molar-refractivity contribution in [1.29, 1.82) is 0 Å². The van der Waals surface area contributed by atoms with Crippen molar-refractivity contribution in [3.63, 3.8) is 0 Å². The molecule has 0 spiro atoms. The van der Waals surface area contributed by atoms with Gasteiger partial charge in [0.2, 0.25) is 0 Å². The topological polar surface area (TPSA) is 0 Å². The smallest absolute Gasteiger partial charge is 0.0348 e. The van der Waals surface area contributed by atoms with Crippen molar-refractivity contribution in [3.05, 3.63) is 12.2 Å². The van der Waals surface area contributed by atoms with Crippen LogP contribution in [0.3, 0.4) is 0 Å². The second kappa shape index (κ2) is 7.84. The van der Waals surface area contributed by atoms with Gasteiger partial charge in [0.25, 0.3) is 0 Å². The monoisotopic (exact) mass is 154 g/mol. The molecule has 0 atom stereocenters. The van der Waals surface area contributed by atoms with E-state index in [1.807, 2.05) is 0 Å². The molecule has 0 bridgehead atoms. The summed E-state index contributed by atoms with van der Waals surface area (Å²) < 4.78 is 0.